The third-order valence-electron chi connectivity index (χ3n) is 1.18. The summed E-state index contributed by atoms with van der Waals surface area (Å²) in [6.07, 6.45) is 3.89. The molecule has 3 heteroatoms. The highest BCUT2D eigenvalue weighted by molar-refractivity contribution is 7.12. The van der Waals surface area contributed by atoms with Gasteiger partial charge in [-0.05, 0) is 24.3 Å². The van der Waals surface area contributed by atoms with Crippen molar-refractivity contribution in [3.63, 3.8) is 0 Å². The second kappa shape index (κ2) is 4.05. The Bertz CT molecular complexity index is 263. The van der Waals surface area contributed by atoms with Gasteiger partial charge in [0.2, 0.25) is 0 Å². The van der Waals surface area contributed by atoms with E-state index in [9.17, 15) is 4.79 Å². The molecule has 0 aliphatic heterocycles. The van der Waals surface area contributed by atoms with Crippen LogP contribution in [0.2, 0.25) is 0 Å². The Morgan fingerprint density at radius 3 is 2.91 bits per heavy atom. The van der Waals surface area contributed by atoms with Crippen molar-refractivity contribution >= 4 is 23.7 Å². The van der Waals surface area contributed by atoms with E-state index >= 15 is 0 Å². The van der Waals surface area contributed by atoms with Gasteiger partial charge in [0.1, 0.15) is 6.29 Å². The molecule has 0 aromatic carbocycles. The van der Waals surface area contributed by atoms with Crippen LogP contribution in [0.5, 0.6) is 0 Å². The number of rotatable bonds is 3. The van der Waals surface area contributed by atoms with Crippen LogP contribution in [0.25, 0.3) is 6.08 Å². The Hall–Kier alpha value is -0.930. The zero-order chi connectivity index (χ0) is 8.10. The fraction of sp³-hybridized carbons (Fsp3) is 0.125. The molecular formula is C8H8O2S. The van der Waals surface area contributed by atoms with Crippen LogP contribution in [0, 0.1) is 0 Å². The Balaban J connectivity index is 2.72. The smallest absolute Gasteiger partial charge is 0.142 e. The zero-order valence-electron chi connectivity index (χ0n) is 5.86. The van der Waals surface area contributed by atoms with Gasteiger partial charge < -0.3 is 5.11 Å². The van der Waals surface area contributed by atoms with E-state index < -0.39 is 0 Å². The molecule has 0 aliphatic carbocycles. The van der Waals surface area contributed by atoms with E-state index in [0.29, 0.717) is 0 Å². The Morgan fingerprint density at radius 2 is 2.36 bits per heavy atom. The van der Waals surface area contributed by atoms with Crippen LogP contribution >= 0.6 is 11.3 Å². The van der Waals surface area contributed by atoms with Crippen molar-refractivity contribution in [2.75, 3.05) is 0 Å². The molecule has 0 saturated heterocycles. The molecule has 11 heavy (non-hydrogen) atoms. The van der Waals surface area contributed by atoms with Gasteiger partial charge in [0.25, 0.3) is 0 Å². The number of carbonyl (C=O) groups is 1. The first-order valence-electron chi connectivity index (χ1n) is 3.18. The van der Waals surface area contributed by atoms with E-state index in [1.54, 1.807) is 6.08 Å². The second-order valence-corrected chi connectivity index (χ2v) is 3.16. The molecule has 0 aliphatic rings. The number of hydrogen-bond donors (Lipinski definition) is 1. The number of aliphatic hydroxyl groups is 1. The van der Waals surface area contributed by atoms with Crippen LogP contribution in [-0.2, 0) is 11.4 Å². The highest BCUT2D eigenvalue weighted by Gasteiger charge is 1.93. The molecule has 58 valence electrons. The number of thiophene rings is 1. The van der Waals surface area contributed by atoms with E-state index in [-0.39, 0.29) is 6.61 Å². The van der Waals surface area contributed by atoms with Crippen molar-refractivity contribution in [2.24, 2.45) is 0 Å². The maximum atomic E-state index is 9.92. The fourth-order valence-corrected chi connectivity index (χ4v) is 1.49. The van der Waals surface area contributed by atoms with E-state index in [2.05, 4.69) is 0 Å². The minimum absolute atomic E-state index is 0.0690. The molecule has 1 rings (SSSR count). The molecule has 1 N–H and O–H groups in total. The Kier molecular flexibility index (Phi) is 3.01. The summed E-state index contributed by atoms with van der Waals surface area (Å²) in [7, 11) is 0. The van der Waals surface area contributed by atoms with Gasteiger partial charge in [-0.15, -0.1) is 11.3 Å². The molecule has 0 fully saturated rings. The largest absolute Gasteiger partial charge is 0.391 e. The highest BCUT2D eigenvalue weighted by atomic mass is 32.1. The Morgan fingerprint density at radius 1 is 1.55 bits per heavy atom. The van der Waals surface area contributed by atoms with Crippen LogP contribution in [0.1, 0.15) is 9.75 Å². The minimum atomic E-state index is 0.0690. The summed E-state index contributed by atoms with van der Waals surface area (Å²) in [6, 6.07) is 3.71. The van der Waals surface area contributed by atoms with Crippen LogP contribution in [0.4, 0.5) is 0 Å². The summed E-state index contributed by atoms with van der Waals surface area (Å²) in [4.78, 5) is 11.8. The third kappa shape index (κ3) is 2.29. The van der Waals surface area contributed by atoms with Gasteiger partial charge in [0.05, 0.1) is 6.61 Å². The lowest BCUT2D eigenvalue weighted by Crippen LogP contribution is -1.69. The molecule has 0 saturated carbocycles. The lowest BCUT2D eigenvalue weighted by molar-refractivity contribution is -0.104. The van der Waals surface area contributed by atoms with E-state index in [1.165, 1.54) is 17.4 Å². The Labute approximate surface area is 68.8 Å². The van der Waals surface area contributed by atoms with Crippen molar-refractivity contribution in [1.82, 2.24) is 0 Å². The van der Waals surface area contributed by atoms with E-state index in [4.69, 9.17) is 5.11 Å². The highest BCUT2D eigenvalue weighted by Crippen LogP contribution is 2.17. The molecule has 0 atom stereocenters. The van der Waals surface area contributed by atoms with Gasteiger partial charge in [-0.3, -0.25) is 4.79 Å². The van der Waals surface area contributed by atoms with Gasteiger partial charge in [0, 0.05) is 9.75 Å². The van der Waals surface area contributed by atoms with Crippen LogP contribution in [0.3, 0.4) is 0 Å². The summed E-state index contributed by atoms with van der Waals surface area (Å²) in [5.74, 6) is 0. The lowest BCUT2D eigenvalue weighted by Gasteiger charge is -1.82. The molecule has 0 bridgehead atoms. The average Bonchev–Trinajstić information content (AvgIpc) is 2.48. The lowest BCUT2D eigenvalue weighted by atomic mass is 10.4. The van der Waals surface area contributed by atoms with Gasteiger partial charge in [-0.2, -0.15) is 0 Å². The summed E-state index contributed by atoms with van der Waals surface area (Å²) in [5, 5.41) is 8.69. The zero-order valence-corrected chi connectivity index (χ0v) is 6.67. The molecule has 2 nitrogen and oxygen atoms in total. The second-order valence-electron chi connectivity index (χ2n) is 1.96. The van der Waals surface area contributed by atoms with Crippen molar-refractivity contribution in [3.8, 4) is 0 Å². The van der Waals surface area contributed by atoms with E-state index in [0.717, 1.165) is 16.0 Å². The molecule has 0 amide bonds. The summed E-state index contributed by atoms with van der Waals surface area (Å²) in [6.45, 7) is 0.0690. The number of aliphatic hydroxyl groups excluding tert-OH is 1. The molecule has 1 aromatic heterocycles. The number of hydrogen-bond acceptors (Lipinski definition) is 3. The molecule has 1 heterocycles. The molecule has 1 aromatic rings. The molecule has 0 unspecified atom stereocenters. The van der Waals surface area contributed by atoms with Crippen molar-refractivity contribution in [1.29, 1.82) is 0 Å². The van der Waals surface area contributed by atoms with Crippen LogP contribution < -0.4 is 0 Å². The first kappa shape index (κ1) is 8.17. The fourth-order valence-electron chi connectivity index (χ4n) is 0.703. The van der Waals surface area contributed by atoms with Gasteiger partial charge in [0.15, 0.2) is 0 Å². The SMILES string of the molecule is O=CC=Cc1ccc(CO)s1. The summed E-state index contributed by atoms with van der Waals surface area (Å²) in [5.41, 5.74) is 0. The molecule has 0 radical (unpaired) electrons. The van der Waals surface area contributed by atoms with Crippen molar-refractivity contribution in [2.45, 2.75) is 6.61 Å². The van der Waals surface area contributed by atoms with Gasteiger partial charge >= 0.3 is 0 Å². The van der Waals surface area contributed by atoms with Gasteiger partial charge in [-0.1, -0.05) is 0 Å². The number of carbonyl (C=O) groups excluding carboxylic acids is 1. The number of aldehydes is 1. The van der Waals surface area contributed by atoms with Gasteiger partial charge in [-0.25, -0.2) is 0 Å². The number of allylic oxidation sites excluding steroid dienone is 1. The van der Waals surface area contributed by atoms with Crippen LogP contribution in [-0.4, -0.2) is 11.4 Å². The predicted octanol–water partition coefficient (Wildman–Crippen LogP) is 1.45. The van der Waals surface area contributed by atoms with Crippen LogP contribution in [0.15, 0.2) is 18.2 Å². The summed E-state index contributed by atoms with van der Waals surface area (Å²) >= 11 is 1.48. The van der Waals surface area contributed by atoms with Crippen molar-refractivity contribution < 1.29 is 9.90 Å². The first-order chi connectivity index (χ1) is 5.36. The monoisotopic (exact) mass is 168 g/mol. The predicted molar refractivity (Wildman–Crippen MR) is 45.3 cm³/mol. The van der Waals surface area contributed by atoms with E-state index in [1.807, 2.05) is 12.1 Å². The molecular weight excluding hydrogens is 160 g/mol. The topological polar surface area (TPSA) is 37.3 Å². The maximum absolute atomic E-state index is 9.92. The molecule has 0 spiro atoms. The minimum Gasteiger partial charge on any atom is -0.391 e. The quantitative estimate of drug-likeness (QED) is 0.548. The van der Waals surface area contributed by atoms with Crippen molar-refractivity contribution in [3.05, 3.63) is 28.0 Å². The third-order valence-corrected chi connectivity index (χ3v) is 2.21. The standard InChI is InChI=1S/C8H8O2S/c9-5-1-2-7-3-4-8(6-10)11-7/h1-5,10H,6H2. The normalized spacial score (nSPS) is 10.6. The average molecular weight is 168 g/mol. The first-order valence-corrected chi connectivity index (χ1v) is 4.00. The maximum Gasteiger partial charge on any atom is 0.142 e. The summed E-state index contributed by atoms with van der Waals surface area (Å²) < 4.78 is 0.